The number of hydrogen-bond acceptors (Lipinski definition) is 3. The van der Waals surface area contributed by atoms with Crippen LogP contribution in [0, 0.1) is 5.41 Å². The van der Waals surface area contributed by atoms with Gasteiger partial charge >= 0.3 is 6.09 Å². The van der Waals surface area contributed by atoms with Crippen LogP contribution in [0.4, 0.5) is 4.79 Å². The number of nitrogens with zero attached hydrogens (tertiary/aromatic N) is 4. The van der Waals surface area contributed by atoms with Gasteiger partial charge in [-0.05, 0) is 12.8 Å². The second-order valence-electron chi connectivity index (χ2n) is 4.38. The standard InChI is InChI=1S/C9H12N4O2/c14-8(15)12-4-9(2-1-3-9)7(12)13-6-10-5-11-13/h5-7H,1-4H2,(H,14,15). The fourth-order valence-corrected chi connectivity index (χ4v) is 2.71. The Morgan fingerprint density at radius 1 is 1.53 bits per heavy atom. The molecule has 1 unspecified atom stereocenters. The van der Waals surface area contributed by atoms with Crippen LogP contribution in [0.1, 0.15) is 25.4 Å². The maximum Gasteiger partial charge on any atom is 0.409 e. The highest BCUT2D eigenvalue weighted by Gasteiger charge is 2.59. The molecule has 6 heteroatoms. The summed E-state index contributed by atoms with van der Waals surface area (Å²) in [5, 5.41) is 13.1. The van der Waals surface area contributed by atoms with Crippen molar-refractivity contribution in [3.8, 4) is 0 Å². The van der Waals surface area contributed by atoms with E-state index in [0.29, 0.717) is 6.54 Å². The summed E-state index contributed by atoms with van der Waals surface area (Å²) in [5.41, 5.74) is 0.145. The molecule has 2 aliphatic rings. The Hall–Kier alpha value is -1.59. The normalized spacial score (nSPS) is 27.2. The van der Waals surface area contributed by atoms with E-state index in [0.717, 1.165) is 12.8 Å². The molecular formula is C9H12N4O2. The quantitative estimate of drug-likeness (QED) is 0.745. The smallest absolute Gasteiger partial charge is 0.409 e. The van der Waals surface area contributed by atoms with Crippen molar-refractivity contribution in [2.45, 2.75) is 25.4 Å². The molecule has 1 amide bonds. The topological polar surface area (TPSA) is 71.2 Å². The van der Waals surface area contributed by atoms with E-state index in [1.165, 1.54) is 17.6 Å². The van der Waals surface area contributed by atoms with Crippen molar-refractivity contribution in [3.63, 3.8) is 0 Å². The second-order valence-corrected chi connectivity index (χ2v) is 4.38. The Labute approximate surface area is 86.5 Å². The van der Waals surface area contributed by atoms with Gasteiger partial charge in [-0.25, -0.2) is 14.5 Å². The predicted octanol–water partition coefficient (Wildman–Crippen LogP) is 0.941. The first kappa shape index (κ1) is 8.70. The van der Waals surface area contributed by atoms with Crippen molar-refractivity contribution in [2.24, 2.45) is 5.41 Å². The van der Waals surface area contributed by atoms with Crippen LogP contribution in [0.25, 0.3) is 0 Å². The van der Waals surface area contributed by atoms with E-state index in [9.17, 15) is 4.79 Å². The Bertz CT molecular complexity index is 385. The van der Waals surface area contributed by atoms with E-state index in [1.54, 1.807) is 11.0 Å². The van der Waals surface area contributed by atoms with Crippen LogP contribution < -0.4 is 0 Å². The summed E-state index contributed by atoms with van der Waals surface area (Å²) in [6.45, 7) is 0.646. The van der Waals surface area contributed by atoms with Gasteiger partial charge in [-0.1, -0.05) is 6.42 Å². The van der Waals surface area contributed by atoms with E-state index in [1.807, 2.05) is 0 Å². The first-order chi connectivity index (χ1) is 7.23. The van der Waals surface area contributed by atoms with Crippen LogP contribution in [0.5, 0.6) is 0 Å². The highest BCUT2D eigenvalue weighted by molar-refractivity contribution is 5.66. The fraction of sp³-hybridized carbons (Fsp3) is 0.667. The fourth-order valence-electron chi connectivity index (χ4n) is 2.71. The lowest BCUT2D eigenvalue weighted by Gasteiger charge is -2.60. The van der Waals surface area contributed by atoms with Crippen LogP contribution in [0.3, 0.4) is 0 Å². The van der Waals surface area contributed by atoms with Crippen molar-refractivity contribution < 1.29 is 9.90 Å². The summed E-state index contributed by atoms with van der Waals surface area (Å²) < 4.78 is 1.66. The van der Waals surface area contributed by atoms with Crippen molar-refractivity contribution in [1.82, 2.24) is 19.7 Å². The highest BCUT2D eigenvalue weighted by Crippen LogP contribution is 2.57. The van der Waals surface area contributed by atoms with E-state index in [4.69, 9.17) is 5.11 Å². The molecule has 1 spiro atoms. The molecule has 2 fully saturated rings. The molecule has 6 nitrogen and oxygen atoms in total. The van der Waals surface area contributed by atoms with E-state index in [-0.39, 0.29) is 11.6 Å². The van der Waals surface area contributed by atoms with Crippen molar-refractivity contribution in [2.75, 3.05) is 6.54 Å². The molecule has 2 heterocycles. The van der Waals surface area contributed by atoms with Crippen LogP contribution in [-0.4, -0.2) is 37.4 Å². The van der Waals surface area contributed by atoms with E-state index >= 15 is 0 Å². The zero-order valence-corrected chi connectivity index (χ0v) is 8.20. The van der Waals surface area contributed by atoms with E-state index < -0.39 is 6.09 Å². The lowest BCUT2D eigenvalue weighted by atomic mass is 9.61. The Kier molecular flexibility index (Phi) is 1.57. The van der Waals surface area contributed by atoms with Gasteiger partial charge in [-0.2, -0.15) is 5.10 Å². The molecule has 1 aliphatic heterocycles. The van der Waals surface area contributed by atoms with Gasteiger partial charge in [0.1, 0.15) is 18.8 Å². The van der Waals surface area contributed by atoms with Crippen molar-refractivity contribution in [1.29, 1.82) is 0 Å². The highest BCUT2D eigenvalue weighted by atomic mass is 16.4. The maximum absolute atomic E-state index is 11.0. The molecule has 0 radical (unpaired) electrons. The third-order valence-electron chi connectivity index (χ3n) is 3.61. The molecule has 1 aromatic rings. The zero-order valence-electron chi connectivity index (χ0n) is 8.20. The average Bonchev–Trinajstić information content (AvgIpc) is 2.51. The Morgan fingerprint density at radius 2 is 2.33 bits per heavy atom. The molecule has 0 aromatic carbocycles. The van der Waals surface area contributed by atoms with Crippen molar-refractivity contribution >= 4 is 6.09 Å². The molecule has 1 saturated carbocycles. The number of carbonyl (C=O) groups is 1. The number of carboxylic acid groups (broad SMARTS) is 1. The molecule has 1 N–H and O–H groups in total. The van der Waals surface area contributed by atoms with Gasteiger partial charge < -0.3 is 5.11 Å². The summed E-state index contributed by atoms with van der Waals surface area (Å²) in [6, 6.07) is 0. The monoisotopic (exact) mass is 208 g/mol. The molecule has 1 atom stereocenters. The van der Waals surface area contributed by atoms with Gasteiger partial charge in [0.05, 0.1) is 0 Å². The molecule has 15 heavy (non-hydrogen) atoms. The number of likely N-dealkylation sites (tertiary alicyclic amines) is 1. The maximum atomic E-state index is 11.0. The molecule has 1 aliphatic carbocycles. The molecular weight excluding hydrogens is 196 g/mol. The lowest BCUT2D eigenvalue weighted by Crippen LogP contribution is -2.65. The SMILES string of the molecule is O=C(O)N1CC2(CCC2)C1n1cncn1. The van der Waals surface area contributed by atoms with Gasteiger partial charge in [0.15, 0.2) is 0 Å². The third-order valence-corrected chi connectivity index (χ3v) is 3.61. The summed E-state index contributed by atoms with van der Waals surface area (Å²) >= 11 is 0. The molecule has 3 rings (SSSR count). The number of hydrogen-bond donors (Lipinski definition) is 1. The second kappa shape index (κ2) is 2.71. The van der Waals surface area contributed by atoms with E-state index in [2.05, 4.69) is 10.1 Å². The molecule has 80 valence electrons. The molecule has 1 saturated heterocycles. The first-order valence-electron chi connectivity index (χ1n) is 5.07. The van der Waals surface area contributed by atoms with Gasteiger partial charge in [0.25, 0.3) is 0 Å². The van der Waals surface area contributed by atoms with Crippen molar-refractivity contribution in [3.05, 3.63) is 12.7 Å². The predicted molar refractivity (Wildman–Crippen MR) is 50.1 cm³/mol. The summed E-state index contributed by atoms with van der Waals surface area (Å²) in [4.78, 5) is 16.3. The Balaban J connectivity index is 1.90. The average molecular weight is 208 g/mol. The minimum atomic E-state index is -0.868. The Morgan fingerprint density at radius 3 is 2.80 bits per heavy atom. The summed E-state index contributed by atoms with van der Waals surface area (Å²) in [7, 11) is 0. The van der Waals surface area contributed by atoms with Crippen LogP contribution >= 0.6 is 0 Å². The first-order valence-corrected chi connectivity index (χ1v) is 5.07. The summed E-state index contributed by atoms with van der Waals surface area (Å²) in [6.07, 6.45) is 5.44. The minimum absolute atomic E-state index is 0.133. The van der Waals surface area contributed by atoms with Crippen LogP contribution in [-0.2, 0) is 0 Å². The molecule has 0 bridgehead atoms. The number of rotatable bonds is 1. The van der Waals surface area contributed by atoms with Gasteiger partial charge in [-0.15, -0.1) is 0 Å². The van der Waals surface area contributed by atoms with Crippen LogP contribution in [0.2, 0.25) is 0 Å². The summed E-state index contributed by atoms with van der Waals surface area (Å²) in [5.74, 6) is 0. The number of amides is 1. The lowest BCUT2D eigenvalue weighted by molar-refractivity contribution is -0.149. The van der Waals surface area contributed by atoms with Gasteiger partial charge in [0, 0.05) is 12.0 Å². The molecule has 1 aromatic heterocycles. The van der Waals surface area contributed by atoms with Gasteiger partial charge in [-0.3, -0.25) is 4.90 Å². The number of aromatic nitrogens is 3. The third kappa shape index (κ3) is 1.01. The van der Waals surface area contributed by atoms with Gasteiger partial charge in [0.2, 0.25) is 0 Å². The minimum Gasteiger partial charge on any atom is -0.465 e. The largest absolute Gasteiger partial charge is 0.465 e. The zero-order chi connectivity index (χ0) is 10.5. The van der Waals surface area contributed by atoms with Crippen LogP contribution in [0.15, 0.2) is 12.7 Å².